The van der Waals surface area contributed by atoms with E-state index >= 15 is 0 Å². The lowest BCUT2D eigenvalue weighted by Crippen LogP contribution is -2.44. The maximum absolute atomic E-state index is 13.4. The molecule has 2 amide bonds. The molecule has 0 spiro atoms. The molecule has 9 heteroatoms. The maximum Gasteiger partial charge on any atom is 0.330 e. The first-order valence-corrected chi connectivity index (χ1v) is 12.1. The van der Waals surface area contributed by atoms with E-state index in [0.29, 0.717) is 21.3 Å². The van der Waals surface area contributed by atoms with Crippen molar-refractivity contribution in [2.24, 2.45) is 0 Å². The van der Waals surface area contributed by atoms with Crippen molar-refractivity contribution in [3.63, 3.8) is 0 Å². The number of amides is 2. The molecule has 0 bridgehead atoms. The Kier molecular flexibility index (Phi) is 8.61. The van der Waals surface area contributed by atoms with Crippen molar-refractivity contribution in [3.05, 3.63) is 124 Å². The predicted octanol–water partition coefficient (Wildman–Crippen LogP) is 5.85. The van der Waals surface area contributed by atoms with Gasteiger partial charge in [-0.1, -0.05) is 83.9 Å². The van der Waals surface area contributed by atoms with E-state index < -0.39 is 29.9 Å². The van der Waals surface area contributed by atoms with Crippen LogP contribution in [-0.4, -0.2) is 23.8 Å². The highest BCUT2D eigenvalue weighted by atomic mass is 35.5. The Morgan fingerprint density at radius 3 is 2.11 bits per heavy atom. The standard InChI is InChI=1S/C28H22Cl2N2O5/c29-20-15-21(30)17-22(16-20)31-27(34)25(19-10-5-2-6-11-19)37-28(35)23(14-18-8-3-1-4-9-18)32-26(33)24-12-7-13-36-24/h1-13,15-17,23,25H,14H2,(H,31,34)(H,32,33)/t23-,25?/m0/s1. The van der Waals surface area contributed by atoms with Crippen LogP contribution in [0.1, 0.15) is 27.8 Å². The minimum atomic E-state index is -1.31. The first-order valence-electron chi connectivity index (χ1n) is 11.3. The SMILES string of the molecule is O=C(N[C@@H](Cc1ccccc1)C(=O)OC(C(=O)Nc1cc(Cl)cc(Cl)c1)c1ccccc1)c1ccco1. The summed E-state index contributed by atoms with van der Waals surface area (Å²) in [7, 11) is 0. The lowest BCUT2D eigenvalue weighted by Gasteiger charge is -2.22. The molecule has 2 N–H and O–H groups in total. The fourth-order valence-corrected chi connectivity index (χ4v) is 4.14. The third-order valence-corrected chi connectivity index (χ3v) is 5.76. The third kappa shape index (κ3) is 7.22. The van der Waals surface area contributed by atoms with Gasteiger partial charge in [0.2, 0.25) is 6.10 Å². The molecule has 1 unspecified atom stereocenters. The van der Waals surface area contributed by atoms with Crippen molar-refractivity contribution in [1.29, 1.82) is 0 Å². The molecule has 0 aliphatic carbocycles. The van der Waals surface area contributed by atoms with Crippen LogP contribution >= 0.6 is 23.2 Å². The fraction of sp³-hybridized carbons (Fsp3) is 0.107. The Labute approximate surface area is 223 Å². The van der Waals surface area contributed by atoms with Gasteiger partial charge in [-0.05, 0) is 35.9 Å². The molecule has 7 nitrogen and oxygen atoms in total. The molecule has 188 valence electrons. The van der Waals surface area contributed by atoms with Gasteiger partial charge in [0.05, 0.1) is 6.26 Å². The largest absolute Gasteiger partial charge is 0.459 e. The predicted molar refractivity (Wildman–Crippen MR) is 140 cm³/mol. The molecule has 1 aromatic heterocycles. The number of anilines is 1. The molecular weight excluding hydrogens is 515 g/mol. The minimum Gasteiger partial charge on any atom is -0.459 e. The van der Waals surface area contributed by atoms with Crippen LogP contribution < -0.4 is 10.6 Å². The average molecular weight is 537 g/mol. The third-order valence-electron chi connectivity index (χ3n) is 5.32. The van der Waals surface area contributed by atoms with Crippen LogP contribution in [0.25, 0.3) is 0 Å². The van der Waals surface area contributed by atoms with Crippen LogP contribution in [0.2, 0.25) is 10.0 Å². The summed E-state index contributed by atoms with van der Waals surface area (Å²) in [6, 6.07) is 24.2. The smallest absolute Gasteiger partial charge is 0.330 e. The molecule has 0 saturated heterocycles. The highest BCUT2D eigenvalue weighted by molar-refractivity contribution is 6.35. The van der Waals surface area contributed by atoms with Crippen molar-refractivity contribution in [2.45, 2.75) is 18.6 Å². The van der Waals surface area contributed by atoms with Crippen molar-refractivity contribution < 1.29 is 23.5 Å². The zero-order valence-corrected chi connectivity index (χ0v) is 20.9. The van der Waals surface area contributed by atoms with Crippen molar-refractivity contribution in [1.82, 2.24) is 5.32 Å². The molecule has 4 aromatic rings. The van der Waals surface area contributed by atoms with Gasteiger partial charge in [0, 0.05) is 27.7 Å². The second kappa shape index (κ2) is 12.3. The first kappa shape index (κ1) is 26.0. The summed E-state index contributed by atoms with van der Waals surface area (Å²) in [5.41, 5.74) is 1.57. The van der Waals surface area contributed by atoms with Gasteiger partial charge in [-0.2, -0.15) is 0 Å². The number of hydrogen-bond acceptors (Lipinski definition) is 5. The second-order valence-electron chi connectivity index (χ2n) is 8.07. The lowest BCUT2D eigenvalue weighted by molar-refractivity contribution is -0.156. The summed E-state index contributed by atoms with van der Waals surface area (Å²) < 4.78 is 10.9. The van der Waals surface area contributed by atoms with Crippen LogP contribution in [0.5, 0.6) is 0 Å². The molecule has 0 fully saturated rings. The van der Waals surface area contributed by atoms with Crippen molar-refractivity contribution >= 4 is 46.7 Å². The average Bonchev–Trinajstić information content (AvgIpc) is 3.42. The van der Waals surface area contributed by atoms with Crippen molar-refractivity contribution in [2.75, 3.05) is 5.32 Å². The van der Waals surface area contributed by atoms with Crippen molar-refractivity contribution in [3.8, 4) is 0 Å². The first-order chi connectivity index (χ1) is 17.9. The van der Waals surface area contributed by atoms with Crippen LogP contribution in [0.3, 0.4) is 0 Å². The number of esters is 1. The Balaban J connectivity index is 1.59. The second-order valence-corrected chi connectivity index (χ2v) is 8.94. The van der Waals surface area contributed by atoms with E-state index in [2.05, 4.69) is 10.6 Å². The number of benzene rings is 3. The van der Waals surface area contributed by atoms with Gasteiger partial charge in [0.15, 0.2) is 5.76 Å². The molecule has 0 aliphatic rings. The number of nitrogens with one attached hydrogen (secondary N) is 2. The van der Waals surface area contributed by atoms with Gasteiger partial charge in [-0.15, -0.1) is 0 Å². The maximum atomic E-state index is 13.4. The van der Waals surface area contributed by atoms with Gasteiger partial charge < -0.3 is 19.8 Å². The minimum absolute atomic E-state index is 0.0426. The molecule has 2 atom stereocenters. The molecular formula is C28H22Cl2N2O5. The summed E-state index contributed by atoms with van der Waals surface area (Å²) in [4.78, 5) is 39.4. The Morgan fingerprint density at radius 1 is 0.838 bits per heavy atom. The van der Waals surface area contributed by atoms with E-state index in [1.54, 1.807) is 36.4 Å². The van der Waals surface area contributed by atoms with Crippen LogP contribution in [0, 0.1) is 0 Å². The van der Waals surface area contributed by atoms with E-state index in [-0.39, 0.29) is 12.2 Å². The van der Waals surface area contributed by atoms with E-state index in [0.717, 1.165) is 5.56 Å². The lowest BCUT2D eigenvalue weighted by atomic mass is 10.0. The van der Waals surface area contributed by atoms with E-state index in [4.69, 9.17) is 32.4 Å². The summed E-state index contributed by atoms with van der Waals surface area (Å²) in [6.07, 6.45) is 0.182. The Bertz CT molecular complexity index is 1340. The molecule has 37 heavy (non-hydrogen) atoms. The fourth-order valence-electron chi connectivity index (χ4n) is 3.61. The zero-order valence-electron chi connectivity index (χ0n) is 19.4. The number of hydrogen-bond donors (Lipinski definition) is 2. The molecule has 0 aliphatic heterocycles. The zero-order chi connectivity index (χ0) is 26.2. The number of ether oxygens (including phenoxy) is 1. The summed E-state index contributed by atoms with van der Waals surface area (Å²) in [5, 5.41) is 6.01. The number of halogens is 2. The quantitative estimate of drug-likeness (QED) is 0.261. The van der Waals surface area contributed by atoms with Gasteiger partial charge >= 0.3 is 5.97 Å². The van der Waals surface area contributed by atoms with Gasteiger partial charge in [-0.3, -0.25) is 9.59 Å². The molecule has 0 radical (unpaired) electrons. The highest BCUT2D eigenvalue weighted by Crippen LogP contribution is 2.25. The number of rotatable bonds is 9. The van der Waals surface area contributed by atoms with Gasteiger partial charge in [-0.25, -0.2) is 4.79 Å². The summed E-state index contributed by atoms with van der Waals surface area (Å²) >= 11 is 12.1. The molecule has 3 aromatic carbocycles. The Hall–Kier alpha value is -4.07. The Morgan fingerprint density at radius 2 is 1.49 bits per heavy atom. The molecule has 1 heterocycles. The van der Waals surface area contributed by atoms with E-state index in [9.17, 15) is 14.4 Å². The number of carbonyl (C=O) groups is 3. The topological polar surface area (TPSA) is 97.6 Å². The normalized spacial score (nSPS) is 12.3. The molecule has 4 rings (SSSR count). The van der Waals surface area contributed by atoms with Gasteiger partial charge in [0.1, 0.15) is 6.04 Å². The monoisotopic (exact) mass is 536 g/mol. The van der Waals surface area contributed by atoms with Crippen LogP contribution in [0.15, 0.2) is 102 Å². The van der Waals surface area contributed by atoms with Gasteiger partial charge in [0.25, 0.3) is 11.8 Å². The summed E-state index contributed by atoms with van der Waals surface area (Å²) in [6.45, 7) is 0. The number of carbonyl (C=O) groups excluding carboxylic acids is 3. The van der Waals surface area contributed by atoms with E-state index in [1.807, 2.05) is 30.3 Å². The number of furan rings is 1. The van der Waals surface area contributed by atoms with E-state index in [1.165, 1.54) is 30.5 Å². The molecule has 0 saturated carbocycles. The summed E-state index contributed by atoms with van der Waals surface area (Å²) in [5.74, 6) is -1.95. The highest BCUT2D eigenvalue weighted by Gasteiger charge is 2.31. The van der Waals surface area contributed by atoms with Crippen LogP contribution in [-0.2, 0) is 20.7 Å². The van der Waals surface area contributed by atoms with Crippen LogP contribution in [0.4, 0.5) is 5.69 Å².